The van der Waals surface area contributed by atoms with E-state index in [-0.39, 0.29) is 24.2 Å². The molecule has 5 aromatic rings. The largest absolute Gasteiger partial charge is 0.497 e. The molecule has 1 aliphatic carbocycles. The normalized spacial score (nSPS) is 12.5. The Kier molecular flexibility index (Phi) is 8.09. The van der Waals surface area contributed by atoms with Gasteiger partial charge in [0.25, 0.3) is 5.91 Å². The van der Waals surface area contributed by atoms with Crippen molar-refractivity contribution >= 4 is 40.4 Å². The van der Waals surface area contributed by atoms with E-state index in [1.807, 2.05) is 48.5 Å². The molecule has 0 bridgehead atoms. The fraction of sp³-hybridized carbons (Fsp3) is 0.242. The number of amides is 1. The molecule has 3 aromatic heterocycles. The van der Waals surface area contributed by atoms with Crippen LogP contribution in [0.15, 0.2) is 79.1 Å². The molecule has 1 fully saturated rings. The fourth-order valence-corrected chi connectivity index (χ4v) is 4.94. The van der Waals surface area contributed by atoms with Gasteiger partial charge in [-0.25, -0.2) is 19.3 Å². The number of hydrogen-bond acceptors (Lipinski definition) is 9. The molecule has 1 amide bonds. The highest BCUT2D eigenvalue weighted by Gasteiger charge is 2.27. The number of anilines is 4. The van der Waals surface area contributed by atoms with Crippen molar-refractivity contribution in [2.24, 2.45) is 0 Å². The maximum Gasteiger partial charge on any atom is 0.359 e. The molecule has 2 aromatic carbocycles. The van der Waals surface area contributed by atoms with E-state index in [9.17, 15) is 9.59 Å². The second kappa shape index (κ2) is 12.4. The molecule has 1 saturated carbocycles. The number of methoxy groups -OCH3 is 1. The number of fused-ring (bicyclic) bond motifs is 1. The number of nitrogens with one attached hydrogen (secondary N) is 2. The van der Waals surface area contributed by atoms with E-state index in [1.54, 1.807) is 36.9 Å². The van der Waals surface area contributed by atoms with Crippen LogP contribution in [-0.4, -0.2) is 51.2 Å². The molecule has 6 rings (SSSR count). The third-order valence-electron chi connectivity index (χ3n) is 7.33. The van der Waals surface area contributed by atoms with Crippen LogP contribution in [0.25, 0.3) is 5.65 Å². The van der Waals surface area contributed by atoms with Gasteiger partial charge >= 0.3 is 5.97 Å². The monoisotopic (exact) mass is 591 g/mol. The summed E-state index contributed by atoms with van der Waals surface area (Å²) in [7, 11) is 1.64. The average molecular weight is 592 g/mol. The first kappa shape index (κ1) is 28.7. The molecular weight excluding hydrogens is 558 g/mol. The SMILES string of the molecule is CCOC(=O)c1ncccc1Nc1cc(N(Cc2ccc(OC)cc2)c2ccccc2C)c2ncc(C(=O)NC3CC3)n2n1. The number of pyridine rings is 1. The summed E-state index contributed by atoms with van der Waals surface area (Å²) in [6, 6.07) is 21.4. The van der Waals surface area contributed by atoms with Crippen molar-refractivity contribution in [2.45, 2.75) is 39.3 Å². The lowest BCUT2D eigenvalue weighted by Crippen LogP contribution is -2.27. The van der Waals surface area contributed by atoms with Crippen molar-refractivity contribution in [3.63, 3.8) is 0 Å². The number of carbonyl (C=O) groups excluding carboxylic acids is 2. The smallest absolute Gasteiger partial charge is 0.359 e. The third kappa shape index (κ3) is 6.03. The average Bonchev–Trinajstić information content (AvgIpc) is 3.75. The van der Waals surface area contributed by atoms with Crippen molar-refractivity contribution in [2.75, 3.05) is 23.9 Å². The minimum atomic E-state index is -0.551. The second-order valence-electron chi connectivity index (χ2n) is 10.5. The highest BCUT2D eigenvalue weighted by atomic mass is 16.5. The Morgan fingerprint density at radius 3 is 2.55 bits per heavy atom. The van der Waals surface area contributed by atoms with Crippen LogP contribution in [-0.2, 0) is 11.3 Å². The van der Waals surface area contributed by atoms with Gasteiger partial charge in [0.15, 0.2) is 22.9 Å². The Bertz CT molecular complexity index is 1820. The summed E-state index contributed by atoms with van der Waals surface area (Å²) in [5.74, 6) is 0.354. The van der Waals surface area contributed by atoms with Crippen molar-refractivity contribution < 1.29 is 19.1 Å². The zero-order valence-corrected chi connectivity index (χ0v) is 24.8. The summed E-state index contributed by atoms with van der Waals surface area (Å²) in [4.78, 5) is 37.1. The fourth-order valence-electron chi connectivity index (χ4n) is 4.94. The van der Waals surface area contributed by atoms with Crippen LogP contribution in [0.4, 0.5) is 22.9 Å². The summed E-state index contributed by atoms with van der Waals surface area (Å²) >= 11 is 0. The van der Waals surface area contributed by atoms with Gasteiger partial charge in [-0.15, -0.1) is 5.10 Å². The molecule has 11 nitrogen and oxygen atoms in total. The molecule has 11 heteroatoms. The minimum absolute atomic E-state index is 0.129. The number of aryl methyl sites for hydroxylation is 1. The number of para-hydroxylation sites is 1. The lowest BCUT2D eigenvalue weighted by atomic mass is 10.1. The van der Waals surface area contributed by atoms with Gasteiger partial charge in [-0.05, 0) is 68.1 Å². The van der Waals surface area contributed by atoms with E-state index < -0.39 is 5.97 Å². The molecule has 44 heavy (non-hydrogen) atoms. The van der Waals surface area contributed by atoms with E-state index in [1.165, 1.54) is 6.20 Å². The van der Waals surface area contributed by atoms with E-state index in [0.717, 1.165) is 35.4 Å². The zero-order valence-electron chi connectivity index (χ0n) is 24.8. The summed E-state index contributed by atoms with van der Waals surface area (Å²) < 4.78 is 12.1. The maximum atomic E-state index is 13.3. The van der Waals surface area contributed by atoms with Crippen LogP contribution in [0.3, 0.4) is 0 Å². The van der Waals surface area contributed by atoms with Gasteiger partial charge in [-0.3, -0.25) is 4.79 Å². The summed E-state index contributed by atoms with van der Waals surface area (Å²) in [6.45, 7) is 4.50. The standard InChI is InChI=1S/C33H33N7O4/c1-4-44-33(42)30-25(9-7-17-34-30)37-29-18-27(31-35-19-28(40(31)38-29)32(41)36-23-13-14-23)39(26-10-6-5-8-21(26)2)20-22-11-15-24(43-3)16-12-22/h5-12,15-19,23H,4,13-14,20H2,1-3H3,(H,36,41)(H,37,38). The Morgan fingerprint density at radius 2 is 1.82 bits per heavy atom. The van der Waals surface area contributed by atoms with Crippen LogP contribution >= 0.6 is 0 Å². The highest BCUT2D eigenvalue weighted by molar-refractivity contribution is 5.96. The van der Waals surface area contributed by atoms with Crippen molar-refractivity contribution in [3.8, 4) is 5.75 Å². The number of aromatic nitrogens is 4. The van der Waals surface area contributed by atoms with Gasteiger partial charge in [0.2, 0.25) is 0 Å². The number of imidazole rings is 1. The Hall–Kier alpha value is -5.45. The van der Waals surface area contributed by atoms with Gasteiger partial charge in [0, 0.05) is 30.5 Å². The Morgan fingerprint density at radius 1 is 1.02 bits per heavy atom. The molecule has 0 aliphatic heterocycles. The van der Waals surface area contributed by atoms with Gasteiger partial charge < -0.3 is 25.0 Å². The molecule has 0 radical (unpaired) electrons. The van der Waals surface area contributed by atoms with Crippen LogP contribution in [0, 0.1) is 6.92 Å². The molecule has 0 unspecified atom stereocenters. The second-order valence-corrected chi connectivity index (χ2v) is 10.5. The van der Waals surface area contributed by atoms with Crippen molar-refractivity contribution in [1.29, 1.82) is 0 Å². The third-order valence-corrected chi connectivity index (χ3v) is 7.33. The number of rotatable bonds is 11. The Labute approximate surface area is 254 Å². The molecule has 2 N–H and O–H groups in total. The first-order valence-electron chi connectivity index (χ1n) is 14.5. The van der Waals surface area contributed by atoms with Crippen LogP contribution < -0.4 is 20.3 Å². The summed E-state index contributed by atoms with van der Waals surface area (Å²) in [5, 5.41) is 11.1. The molecule has 0 atom stereocenters. The lowest BCUT2D eigenvalue weighted by molar-refractivity contribution is 0.0520. The van der Waals surface area contributed by atoms with Gasteiger partial charge in [-0.1, -0.05) is 30.3 Å². The molecule has 0 spiro atoms. The first-order valence-corrected chi connectivity index (χ1v) is 14.5. The van der Waals surface area contributed by atoms with Crippen molar-refractivity contribution in [1.82, 2.24) is 24.9 Å². The summed E-state index contributed by atoms with van der Waals surface area (Å²) in [5.41, 5.74) is 5.12. The predicted molar refractivity (Wildman–Crippen MR) is 167 cm³/mol. The van der Waals surface area contributed by atoms with E-state index in [4.69, 9.17) is 19.6 Å². The van der Waals surface area contributed by atoms with E-state index in [2.05, 4.69) is 33.5 Å². The molecule has 0 saturated heterocycles. The van der Waals surface area contributed by atoms with E-state index >= 15 is 0 Å². The number of esters is 1. The van der Waals surface area contributed by atoms with Crippen LogP contribution in [0.5, 0.6) is 5.75 Å². The zero-order chi connectivity index (χ0) is 30.6. The number of nitrogens with zero attached hydrogens (tertiary/aromatic N) is 5. The van der Waals surface area contributed by atoms with Gasteiger partial charge in [0.1, 0.15) is 5.75 Å². The van der Waals surface area contributed by atoms with Crippen LogP contribution in [0.2, 0.25) is 0 Å². The maximum absolute atomic E-state index is 13.3. The Balaban J connectivity index is 1.51. The molecular formula is C33H33N7O4. The lowest BCUT2D eigenvalue weighted by Gasteiger charge is -2.27. The topological polar surface area (TPSA) is 123 Å². The molecule has 224 valence electrons. The molecule has 3 heterocycles. The number of ether oxygens (including phenoxy) is 2. The van der Waals surface area contributed by atoms with E-state index in [0.29, 0.717) is 35.1 Å². The number of hydrogen-bond donors (Lipinski definition) is 2. The minimum Gasteiger partial charge on any atom is -0.497 e. The first-order chi connectivity index (χ1) is 21.4. The van der Waals surface area contributed by atoms with Gasteiger partial charge in [0.05, 0.1) is 31.3 Å². The predicted octanol–water partition coefficient (Wildman–Crippen LogP) is 5.59. The number of carbonyl (C=O) groups is 2. The summed E-state index contributed by atoms with van der Waals surface area (Å²) in [6.07, 6.45) is 4.98. The number of benzene rings is 2. The molecule has 1 aliphatic rings. The highest BCUT2D eigenvalue weighted by Crippen LogP contribution is 2.35. The van der Waals surface area contributed by atoms with Crippen LogP contribution in [0.1, 0.15) is 51.9 Å². The van der Waals surface area contributed by atoms with Crippen molar-refractivity contribution in [3.05, 3.63) is 102 Å². The van der Waals surface area contributed by atoms with Gasteiger partial charge in [-0.2, -0.15) is 0 Å². The quantitative estimate of drug-likeness (QED) is 0.189.